The van der Waals surface area contributed by atoms with Crippen molar-refractivity contribution in [1.82, 2.24) is 29.5 Å². The normalized spacial score (nSPS) is 13.4. The summed E-state index contributed by atoms with van der Waals surface area (Å²) in [6.07, 6.45) is 3.50. The molecule has 0 saturated carbocycles. The summed E-state index contributed by atoms with van der Waals surface area (Å²) in [5.41, 5.74) is 9.70. The van der Waals surface area contributed by atoms with Crippen LogP contribution in [0.1, 0.15) is 25.0 Å². The molecule has 1 aliphatic carbocycles. The fourth-order valence-corrected chi connectivity index (χ4v) is 7.00. The number of hydrogen-bond donors (Lipinski definition) is 0. The highest BCUT2D eigenvalue weighted by Crippen LogP contribution is 2.53. The van der Waals surface area contributed by atoms with E-state index in [0.29, 0.717) is 17.6 Å². The second-order valence-corrected chi connectivity index (χ2v) is 11.8. The fraction of sp³-hybridized carbons (Fsp3) is 0.0789. The second-order valence-electron chi connectivity index (χ2n) is 11.8. The van der Waals surface area contributed by atoms with Gasteiger partial charge in [-0.3, -0.25) is 4.57 Å². The zero-order valence-electron chi connectivity index (χ0n) is 24.2. The summed E-state index contributed by atoms with van der Waals surface area (Å²) >= 11 is 0. The number of benzene rings is 5. The van der Waals surface area contributed by atoms with E-state index < -0.39 is 0 Å². The molecule has 0 aliphatic heterocycles. The summed E-state index contributed by atoms with van der Waals surface area (Å²) in [5.74, 6) is 1.83. The van der Waals surface area contributed by atoms with E-state index in [1.54, 1.807) is 6.33 Å². The molecule has 5 aromatic carbocycles. The third-order valence-electron chi connectivity index (χ3n) is 8.97. The van der Waals surface area contributed by atoms with Gasteiger partial charge in [-0.25, -0.2) is 15.0 Å². The van der Waals surface area contributed by atoms with Gasteiger partial charge >= 0.3 is 0 Å². The Hall–Kier alpha value is -5.75. The van der Waals surface area contributed by atoms with Gasteiger partial charge in [0.05, 0.1) is 16.6 Å². The molecule has 9 rings (SSSR count). The highest BCUT2D eigenvalue weighted by atomic mass is 15.2. The lowest BCUT2D eigenvalue weighted by molar-refractivity contribution is 0.663. The van der Waals surface area contributed by atoms with E-state index in [1.807, 2.05) is 66.9 Å². The predicted octanol–water partition coefficient (Wildman–Crippen LogP) is 8.55. The molecule has 0 N–H and O–H groups in total. The Balaban J connectivity index is 1.47. The number of fused-ring (bicyclic) bond motifs is 9. The number of aromatic nitrogens is 6. The highest BCUT2D eigenvalue weighted by molar-refractivity contribution is 6.21. The van der Waals surface area contributed by atoms with Gasteiger partial charge in [-0.05, 0) is 34.4 Å². The standard InChI is InChI=1S/C38H26N6/c1-38(2)29-16-10-9-15-26(29)27-18-19-28-31-30(20-17-25-21-39-22-40-33(25)31)44(34(28)32(27)38)37-42-35(23-11-5-3-6-12-23)41-36(43-37)24-13-7-4-8-14-24/h3-22H,1-2H3. The molecule has 0 saturated heterocycles. The van der Waals surface area contributed by atoms with Crippen LogP contribution >= 0.6 is 0 Å². The molecule has 0 bridgehead atoms. The van der Waals surface area contributed by atoms with Gasteiger partial charge in [0.2, 0.25) is 5.95 Å². The molecule has 6 nitrogen and oxygen atoms in total. The maximum Gasteiger partial charge on any atom is 0.238 e. The molecule has 0 unspecified atom stereocenters. The van der Waals surface area contributed by atoms with E-state index in [4.69, 9.17) is 19.9 Å². The van der Waals surface area contributed by atoms with Crippen LogP contribution in [0.2, 0.25) is 0 Å². The lowest BCUT2D eigenvalue weighted by Gasteiger charge is -2.23. The van der Waals surface area contributed by atoms with Crippen molar-refractivity contribution in [2.75, 3.05) is 0 Å². The first-order chi connectivity index (χ1) is 21.6. The van der Waals surface area contributed by atoms with Crippen LogP contribution in [-0.2, 0) is 5.41 Å². The van der Waals surface area contributed by atoms with Crippen LogP contribution < -0.4 is 0 Å². The SMILES string of the molecule is CC1(C)c2ccccc2-c2ccc3c4c5ncncc5ccc4n(-c4nc(-c5ccccc5)nc(-c5ccccc5)n4)c3c21. The van der Waals surface area contributed by atoms with Gasteiger partial charge in [-0.2, -0.15) is 9.97 Å². The predicted molar refractivity (Wildman–Crippen MR) is 176 cm³/mol. The van der Waals surface area contributed by atoms with E-state index in [0.717, 1.165) is 43.8 Å². The first-order valence-corrected chi connectivity index (χ1v) is 14.8. The Morgan fingerprint density at radius 3 is 2.05 bits per heavy atom. The number of hydrogen-bond acceptors (Lipinski definition) is 5. The Bertz CT molecular complexity index is 2350. The van der Waals surface area contributed by atoms with E-state index in [9.17, 15) is 0 Å². The van der Waals surface area contributed by atoms with Crippen molar-refractivity contribution in [2.45, 2.75) is 19.3 Å². The molecule has 0 fully saturated rings. The zero-order valence-corrected chi connectivity index (χ0v) is 24.2. The quantitative estimate of drug-likeness (QED) is 0.214. The van der Waals surface area contributed by atoms with Crippen molar-refractivity contribution in [3.05, 3.63) is 133 Å². The van der Waals surface area contributed by atoms with Crippen molar-refractivity contribution in [1.29, 1.82) is 0 Å². The van der Waals surface area contributed by atoms with Crippen LogP contribution in [-0.4, -0.2) is 29.5 Å². The molecule has 0 radical (unpaired) electrons. The Morgan fingerprint density at radius 2 is 1.32 bits per heavy atom. The van der Waals surface area contributed by atoms with Crippen LogP contribution in [0.3, 0.4) is 0 Å². The average molecular weight is 567 g/mol. The molecular formula is C38H26N6. The fourth-order valence-electron chi connectivity index (χ4n) is 7.00. The average Bonchev–Trinajstić information content (AvgIpc) is 3.54. The molecule has 0 spiro atoms. The Labute approximate surface area is 253 Å². The summed E-state index contributed by atoms with van der Waals surface area (Å²) < 4.78 is 2.24. The number of nitrogens with zero attached hydrogens (tertiary/aromatic N) is 6. The van der Waals surface area contributed by atoms with Gasteiger partial charge in [0.25, 0.3) is 0 Å². The van der Waals surface area contributed by atoms with Crippen molar-refractivity contribution >= 4 is 32.7 Å². The molecule has 8 aromatic rings. The van der Waals surface area contributed by atoms with Crippen LogP contribution in [0.15, 0.2) is 122 Å². The van der Waals surface area contributed by atoms with Gasteiger partial charge < -0.3 is 0 Å². The maximum atomic E-state index is 5.18. The Morgan fingerprint density at radius 1 is 0.636 bits per heavy atom. The van der Waals surface area contributed by atoms with Crippen LogP contribution in [0.5, 0.6) is 0 Å². The summed E-state index contributed by atoms with van der Waals surface area (Å²) in [7, 11) is 0. The topological polar surface area (TPSA) is 69.4 Å². The van der Waals surface area contributed by atoms with Gasteiger partial charge in [0.1, 0.15) is 6.33 Å². The van der Waals surface area contributed by atoms with Crippen LogP contribution in [0.4, 0.5) is 0 Å². The highest BCUT2D eigenvalue weighted by Gasteiger charge is 2.39. The van der Waals surface area contributed by atoms with Gasteiger partial charge in [0.15, 0.2) is 11.6 Å². The van der Waals surface area contributed by atoms with Crippen molar-refractivity contribution in [2.24, 2.45) is 0 Å². The monoisotopic (exact) mass is 566 g/mol. The van der Waals surface area contributed by atoms with Crippen LogP contribution in [0, 0.1) is 0 Å². The minimum atomic E-state index is -0.250. The summed E-state index contributed by atoms with van der Waals surface area (Å²) in [5, 5.41) is 3.18. The smallest absolute Gasteiger partial charge is 0.238 e. The van der Waals surface area contributed by atoms with Crippen molar-refractivity contribution < 1.29 is 0 Å². The molecule has 3 aromatic heterocycles. The molecular weight excluding hydrogens is 540 g/mol. The molecule has 1 aliphatic rings. The zero-order chi connectivity index (χ0) is 29.4. The molecule has 44 heavy (non-hydrogen) atoms. The lowest BCUT2D eigenvalue weighted by Crippen LogP contribution is -2.17. The molecule has 0 amide bonds. The van der Waals surface area contributed by atoms with Gasteiger partial charge in [-0.1, -0.05) is 111 Å². The third-order valence-corrected chi connectivity index (χ3v) is 8.97. The summed E-state index contributed by atoms with van der Waals surface area (Å²) in [6, 6.07) is 37.7. The first kappa shape index (κ1) is 24.8. The maximum absolute atomic E-state index is 5.18. The first-order valence-electron chi connectivity index (χ1n) is 14.8. The summed E-state index contributed by atoms with van der Waals surface area (Å²) in [6.45, 7) is 4.63. The largest absolute Gasteiger partial charge is 0.277 e. The van der Waals surface area contributed by atoms with Crippen molar-refractivity contribution in [3.63, 3.8) is 0 Å². The second kappa shape index (κ2) is 9.12. The molecule has 208 valence electrons. The minimum absolute atomic E-state index is 0.250. The lowest BCUT2D eigenvalue weighted by atomic mass is 9.81. The third kappa shape index (κ3) is 3.45. The summed E-state index contributed by atoms with van der Waals surface area (Å²) in [4.78, 5) is 24.4. The van der Waals surface area contributed by atoms with E-state index >= 15 is 0 Å². The molecule has 3 heterocycles. The van der Waals surface area contributed by atoms with E-state index in [-0.39, 0.29) is 5.41 Å². The number of rotatable bonds is 3. The van der Waals surface area contributed by atoms with Crippen molar-refractivity contribution in [3.8, 4) is 39.9 Å². The van der Waals surface area contributed by atoms with Gasteiger partial charge in [-0.15, -0.1) is 0 Å². The van der Waals surface area contributed by atoms with E-state index in [1.165, 1.54) is 22.3 Å². The molecule has 0 atom stereocenters. The minimum Gasteiger partial charge on any atom is -0.277 e. The van der Waals surface area contributed by atoms with Gasteiger partial charge in [0, 0.05) is 38.9 Å². The van der Waals surface area contributed by atoms with Crippen LogP contribution in [0.25, 0.3) is 72.6 Å². The van der Waals surface area contributed by atoms with E-state index in [2.05, 4.69) is 71.9 Å². The molecule has 6 heteroatoms. The Kier molecular flexibility index (Phi) is 5.14.